The Morgan fingerprint density at radius 2 is 1.59 bits per heavy atom. The monoisotopic (exact) mass is 441 g/mol. The lowest BCUT2D eigenvalue weighted by atomic mass is 9.64. The molecule has 0 bridgehead atoms. The van der Waals surface area contributed by atoms with Gasteiger partial charge in [0, 0.05) is 24.3 Å². The van der Waals surface area contributed by atoms with Gasteiger partial charge in [0.15, 0.2) is 6.61 Å². The summed E-state index contributed by atoms with van der Waals surface area (Å²) < 4.78 is 18.4. The molecule has 0 atom stereocenters. The lowest BCUT2D eigenvalue weighted by Crippen LogP contribution is -2.47. The van der Waals surface area contributed by atoms with Gasteiger partial charge in [-0.1, -0.05) is 18.6 Å². The molecule has 1 fully saturated rings. The van der Waals surface area contributed by atoms with Gasteiger partial charge in [-0.15, -0.1) is 0 Å². The van der Waals surface area contributed by atoms with Crippen LogP contribution in [0.4, 0.5) is 10.1 Å². The van der Waals surface area contributed by atoms with Crippen molar-refractivity contribution in [2.75, 3.05) is 24.6 Å². The van der Waals surface area contributed by atoms with Crippen molar-refractivity contribution in [1.82, 2.24) is 10.9 Å². The van der Waals surface area contributed by atoms with Crippen LogP contribution in [0.3, 0.4) is 0 Å². The van der Waals surface area contributed by atoms with Crippen molar-refractivity contribution in [1.29, 1.82) is 0 Å². The Morgan fingerprint density at radius 1 is 0.969 bits per heavy atom. The second kappa shape index (κ2) is 10.3. The van der Waals surface area contributed by atoms with E-state index in [0.29, 0.717) is 24.0 Å². The van der Waals surface area contributed by atoms with Crippen LogP contribution in [-0.4, -0.2) is 37.5 Å². The highest BCUT2D eigenvalue weighted by atomic mass is 19.1. The van der Waals surface area contributed by atoms with Crippen LogP contribution in [0.25, 0.3) is 0 Å². The zero-order valence-electron chi connectivity index (χ0n) is 18.3. The van der Waals surface area contributed by atoms with Crippen molar-refractivity contribution in [3.05, 3.63) is 65.5 Å². The number of hydrogen-bond donors (Lipinski definition) is 2. The molecule has 0 aromatic heterocycles. The average Bonchev–Trinajstić information content (AvgIpc) is 2.78. The molecular formula is C24H28FN3O4. The predicted molar refractivity (Wildman–Crippen MR) is 118 cm³/mol. The Kier molecular flexibility index (Phi) is 7.45. The molecule has 170 valence electrons. The molecule has 32 heavy (non-hydrogen) atoms. The fourth-order valence-corrected chi connectivity index (χ4v) is 3.83. The zero-order chi connectivity index (χ0) is 23.1. The minimum atomic E-state index is -0.843. The van der Waals surface area contributed by atoms with E-state index >= 15 is 0 Å². The maximum absolute atomic E-state index is 13.2. The number of rotatable bonds is 8. The van der Waals surface area contributed by atoms with Gasteiger partial charge in [0.05, 0.1) is 5.41 Å². The second-order valence-electron chi connectivity index (χ2n) is 7.74. The number of nitrogens with zero attached hydrogens (tertiary/aromatic N) is 1. The number of anilines is 1. The molecule has 8 heteroatoms. The van der Waals surface area contributed by atoms with Crippen molar-refractivity contribution in [2.24, 2.45) is 0 Å². The Morgan fingerprint density at radius 3 is 2.12 bits per heavy atom. The number of amides is 2. The lowest BCUT2D eigenvalue weighted by molar-refractivity contribution is -0.157. The largest absolute Gasteiger partial charge is 0.455 e. The molecule has 1 saturated carbocycles. The summed E-state index contributed by atoms with van der Waals surface area (Å²) in [7, 11) is 0. The van der Waals surface area contributed by atoms with Gasteiger partial charge in [0.2, 0.25) is 0 Å². The summed E-state index contributed by atoms with van der Waals surface area (Å²) in [5, 5.41) is 0. The number of halogens is 1. The van der Waals surface area contributed by atoms with Gasteiger partial charge in [0.25, 0.3) is 11.8 Å². The first-order valence-electron chi connectivity index (χ1n) is 10.8. The SMILES string of the molecule is CCN(CC)c1ccc(C(=O)NNC(=O)COC(=O)C2(c3ccc(F)cc3)CCC2)cc1. The molecule has 0 spiro atoms. The molecule has 0 heterocycles. The molecule has 3 rings (SSSR count). The van der Waals surface area contributed by atoms with Crippen LogP contribution in [0.5, 0.6) is 0 Å². The second-order valence-corrected chi connectivity index (χ2v) is 7.74. The van der Waals surface area contributed by atoms with E-state index in [9.17, 15) is 18.8 Å². The van der Waals surface area contributed by atoms with Crippen LogP contribution in [0.1, 0.15) is 49.0 Å². The molecule has 0 saturated heterocycles. The summed E-state index contributed by atoms with van der Waals surface area (Å²) in [6.45, 7) is 5.30. The Labute approximate surface area is 186 Å². The number of carbonyl (C=O) groups excluding carboxylic acids is 3. The van der Waals surface area contributed by atoms with E-state index in [4.69, 9.17) is 4.74 Å². The predicted octanol–water partition coefficient (Wildman–Crippen LogP) is 3.10. The first-order valence-corrected chi connectivity index (χ1v) is 10.8. The van der Waals surface area contributed by atoms with E-state index in [2.05, 4.69) is 29.6 Å². The van der Waals surface area contributed by atoms with Crippen LogP contribution >= 0.6 is 0 Å². The normalized spacial score (nSPS) is 14.1. The van der Waals surface area contributed by atoms with Crippen LogP contribution in [-0.2, 0) is 19.7 Å². The third kappa shape index (κ3) is 5.07. The van der Waals surface area contributed by atoms with E-state index in [-0.39, 0.29) is 5.82 Å². The van der Waals surface area contributed by atoms with Gasteiger partial charge in [-0.3, -0.25) is 25.2 Å². The lowest BCUT2D eigenvalue weighted by Gasteiger charge is -2.39. The minimum absolute atomic E-state index is 0.380. The summed E-state index contributed by atoms with van der Waals surface area (Å²) in [4.78, 5) is 39.1. The van der Waals surface area contributed by atoms with E-state index in [1.807, 2.05) is 12.1 Å². The third-order valence-corrected chi connectivity index (χ3v) is 5.90. The van der Waals surface area contributed by atoms with Gasteiger partial charge >= 0.3 is 5.97 Å². The molecule has 0 aliphatic heterocycles. The highest BCUT2D eigenvalue weighted by Crippen LogP contribution is 2.44. The van der Waals surface area contributed by atoms with Gasteiger partial charge < -0.3 is 9.64 Å². The smallest absolute Gasteiger partial charge is 0.317 e. The first-order chi connectivity index (χ1) is 15.4. The van der Waals surface area contributed by atoms with E-state index in [1.165, 1.54) is 12.1 Å². The number of benzene rings is 2. The number of carbonyl (C=O) groups is 3. The van der Waals surface area contributed by atoms with E-state index in [0.717, 1.165) is 25.2 Å². The van der Waals surface area contributed by atoms with Crippen molar-refractivity contribution in [3.8, 4) is 0 Å². The molecule has 0 unspecified atom stereocenters. The Balaban J connectivity index is 1.49. The molecule has 2 amide bonds. The molecule has 2 N–H and O–H groups in total. The van der Waals surface area contributed by atoms with Crippen LogP contribution < -0.4 is 15.8 Å². The molecule has 1 aliphatic rings. The van der Waals surface area contributed by atoms with Crippen molar-refractivity contribution in [2.45, 2.75) is 38.5 Å². The highest BCUT2D eigenvalue weighted by Gasteiger charge is 2.47. The first kappa shape index (κ1) is 23.2. The maximum Gasteiger partial charge on any atom is 0.317 e. The Hall–Kier alpha value is -3.42. The standard InChI is InChI=1S/C24H28FN3O4/c1-3-28(4-2)20-12-6-17(7-13-20)22(30)27-26-21(29)16-32-23(31)24(14-5-15-24)18-8-10-19(25)11-9-18/h6-13H,3-5,14-16H2,1-2H3,(H,26,29)(H,27,30). The molecule has 2 aromatic rings. The number of hydrogen-bond acceptors (Lipinski definition) is 5. The fraction of sp³-hybridized carbons (Fsp3) is 0.375. The van der Waals surface area contributed by atoms with Gasteiger partial charge in [0.1, 0.15) is 5.82 Å². The highest BCUT2D eigenvalue weighted by molar-refractivity contribution is 5.96. The van der Waals surface area contributed by atoms with Crippen molar-refractivity contribution >= 4 is 23.5 Å². The van der Waals surface area contributed by atoms with E-state index in [1.54, 1.807) is 24.3 Å². The zero-order valence-corrected chi connectivity index (χ0v) is 18.3. The average molecular weight is 442 g/mol. The summed E-state index contributed by atoms with van der Waals surface area (Å²) in [5.41, 5.74) is 5.81. The van der Waals surface area contributed by atoms with Gasteiger partial charge in [-0.25, -0.2) is 4.39 Å². The maximum atomic E-state index is 13.2. The number of nitrogens with one attached hydrogen (secondary N) is 2. The number of esters is 1. The van der Waals surface area contributed by atoms with Gasteiger partial charge in [-0.05, 0) is 68.7 Å². The molecule has 1 aliphatic carbocycles. The topological polar surface area (TPSA) is 87.7 Å². The summed E-state index contributed by atoms with van der Waals surface area (Å²) in [6.07, 6.45) is 2.01. The van der Waals surface area contributed by atoms with Crippen LogP contribution in [0.2, 0.25) is 0 Å². The summed E-state index contributed by atoms with van der Waals surface area (Å²) >= 11 is 0. The fourth-order valence-electron chi connectivity index (χ4n) is 3.83. The van der Waals surface area contributed by atoms with E-state index < -0.39 is 29.8 Å². The third-order valence-electron chi connectivity index (χ3n) is 5.90. The van der Waals surface area contributed by atoms with Gasteiger partial charge in [-0.2, -0.15) is 0 Å². The van der Waals surface area contributed by atoms with Crippen molar-refractivity contribution < 1.29 is 23.5 Å². The Bertz CT molecular complexity index is 952. The minimum Gasteiger partial charge on any atom is -0.455 e. The summed E-state index contributed by atoms with van der Waals surface area (Å²) in [6, 6.07) is 12.8. The molecule has 7 nitrogen and oxygen atoms in total. The van der Waals surface area contributed by atoms with Crippen LogP contribution in [0.15, 0.2) is 48.5 Å². The van der Waals surface area contributed by atoms with Crippen molar-refractivity contribution in [3.63, 3.8) is 0 Å². The number of hydrazine groups is 1. The molecular weight excluding hydrogens is 413 g/mol. The molecule has 0 radical (unpaired) electrons. The van der Waals surface area contributed by atoms with Crippen LogP contribution in [0, 0.1) is 5.82 Å². The summed E-state index contributed by atoms with van der Waals surface area (Å²) in [5.74, 6) is -2.03. The quantitative estimate of drug-likeness (QED) is 0.486. The molecule has 2 aromatic carbocycles. The number of ether oxygens (including phenoxy) is 1.